The molecule has 5 nitrogen and oxygen atoms in total. The summed E-state index contributed by atoms with van der Waals surface area (Å²) in [5, 5.41) is 24.6. The fraction of sp³-hybridized carbons (Fsp3) is 0.593. The highest BCUT2D eigenvalue weighted by molar-refractivity contribution is 7.99. The van der Waals surface area contributed by atoms with Gasteiger partial charge in [0.25, 0.3) is 0 Å². The van der Waals surface area contributed by atoms with Crippen LogP contribution in [0.2, 0.25) is 0 Å². The number of hydrogen-bond donors (Lipinski definition) is 1. The van der Waals surface area contributed by atoms with Gasteiger partial charge in [-0.3, -0.25) is 0 Å². The second-order valence-electron chi connectivity index (χ2n) is 8.92. The molecule has 0 amide bonds. The van der Waals surface area contributed by atoms with Crippen LogP contribution < -0.4 is 0 Å². The summed E-state index contributed by atoms with van der Waals surface area (Å²) < 4.78 is 1.94. The summed E-state index contributed by atoms with van der Waals surface area (Å²) in [4.78, 5) is 0. The molecule has 33 heavy (non-hydrogen) atoms. The normalized spacial score (nSPS) is 14.4. The Labute approximate surface area is 203 Å². The monoisotopic (exact) mass is 468 g/mol. The lowest BCUT2D eigenvalue weighted by atomic mass is 10.0. The van der Waals surface area contributed by atoms with Crippen molar-refractivity contribution in [2.75, 3.05) is 5.75 Å². The van der Waals surface area contributed by atoms with E-state index in [9.17, 15) is 5.11 Å². The number of thioether (sulfide) groups is 1. The van der Waals surface area contributed by atoms with Gasteiger partial charge in [-0.1, -0.05) is 99.7 Å². The Bertz CT molecular complexity index is 862. The number of hydrogen-bond acceptors (Lipinski definition) is 5. The van der Waals surface area contributed by atoms with E-state index in [2.05, 4.69) is 53.5 Å². The van der Waals surface area contributed by atoms with Gasteiger partial charge in [0.05, 0.1) is 11.8 Å². The molecule has 0 saturated heterocycles. The number of aliphatic hydroxyl groups excluding tert-OH is 1. The second kappa shape index (κ2) is 15.1. The summed E-state index contributed by atoms with van der Waals surface area (Å²) in [5.74, 6) is 1.80. The molecule has 0 saturated carbocycles. The summed E-state index contributed by atoms with van der Waals surface area (Å²) in [6.07, 6.45) is 19.0. The minimum absolute atomic E-state index is 0.151. The molecule has 1 aliphatic heterocycles. The molecular formula is C27H40N4OS. The lowest BCUT2D eigenvalue weighted by Gasteiger charge is -2.13. The highest BCUT2D eigenvalue weighted by atomic mass is 32.2. The van der Waals surface area contributed by atoms with Gasteiger partial charge in [-0.2, -0.15) is 9.78 Å². The number of nitrogens with zero attached hydrogens (tertiary/aromatic N) is 4. The largest absolute Gasteiger partial charge is 0.393 e. The Morgan fingerprint density at radius 2 is 1.73 bits per heavy atom. The summed E-state index contributed by atoms with van der Waals surface area (Å²) in [6, 6.07) is 10.4. The third kappa shape index (κ3) is 9.09. The van der Waals surface area contributed by atoms with Gasteiger partial charge in [0.1, 0.15) is 0 Å². The molecule has 0 unspecified atom stereocenters. The Balaban J connectivity index is 1.27. The first-order valence-electron chi connectivity index (χ1n) is 12.8. The molecule has 3 rings (SSSR count). The van der Waals surface area contributed by atoms with E-state index in [4.69, 9.17) is 5.10 Å². The van der Waals surface area contributed by atoms with Crippen LogP contribution in [0.4, 0.5) is 0 Å². The summed E-state index contributed by atoms with van der Waals surface area (Å²) in [5.41, 5.74) is 2.25. The molecule has 0 aliphatic carbocycles. The number of aryl methyl sites for hydroxylation is 1. The predicted molar refractivity (Wildman–Crippen MR) is 139 cm³/mol. The maximum absolute atomic E-state index is 10.2. The van der Waals surface area contributed by atoms with Crippen molar-refractivity contribution in [2.45, 2.75) is 102 Å². The van der Waals surface area contributed by atoms with Gasteiger partial charge in [0.15, 0.2) is 5.82 Å². The maximum Gasteiger partial charge on any atom is 0.212 e. The molecule has 180 valence electrons. The summed E-state index contributed by atoms with van der Waals surface area (Å²) in [7, 11) is 0. The van der Waals surface area contributed by atoms with Crippen molar-refractivity contribution >= 4 is 17.5 Å². The summed E-state index contributed by atoms with van der Waals surface area (Å²) >= 11 is 1.71. The zero-order chi connectivity index (χ0) is 23.1. The van der Waals surface area contributed by atoms with Gasteiger partial charge in [-0.15, -0.1) is 10.2 Å². The van der Waals surface area contributed by atoms with Crippen molar-refractivity contribution in [1.29, 1.82) is 0 Å². The van der Waals surface area contributed by atoms with Crippen LogP contribution >= 0.6 is 11.8 Å². The highest BCUT2D eigenvalue weighted by Crippen LogP contribution is 2.24. The zero-order valence-corrected chi connectivity index (χ0v) is 21.0. The average molecular weight is 469 g/mol. The smallest absolute Gasteiger partial charge is 0.212 e. The molecule has 0 spiro atoms. The van der Waals surface area contributed by atoms with Gasteiger partial charge < -0.3 is 5.11 Å². The van der Waals surface area contributed by atoms with Crippen molar-refractivity contribution in [3.05, 3.63) is 53.9 Å². The lowest BCUT2D eigenvalue weighted by molar-refractivity contribution is 0.152. The third-order valence-electron chi connectivity index (χ3n) is 6.09. The minimum Gasteiger partial charge on any atom is -0.393 e. The van der Waals surface area contributed by atoms with Gasteiger partial charge in [-0.05, 0) is 44.1 Å². The molecule has 0 bridgehead atoms. The molecule has 2 aromatic rings. The molecule has 0 fully saturated rings. The maximum atomic E-state index is 10.2. The quantitative estimate of drug-likeness (QED) is 0.217. The van der Waals surface area contributed by atoms with Gasteiger partial charge in [0.2, 0.25) is 5.16 Å². The van der Waals surface area contributed by atoms with Gasteiger partial charge >= 0.3 is 0 Å². The molecule has 1 N–H and O–H groups in total. The molecule has 1 atom stereocenters. The van der Waals surface area contributed by atoms with E-state index >= 15 is 0 Å². The number of unbranched alkanes of at least 4 members (excludes halogenated alkanes) is 7. The van der Waals surface area contributed by atoms with Crippen molar-refractivity contribution < 1.29 is 5.11 Å². The van der Waals surface area contributed by atoms with E-state index in [1.807, 2.05) is 10.7 Å². The standard InChI is InChI=1S/C27H40N4OS/c1-2-3-4-5-6-8-14-19-24(32)20-15-9-7-10-16-21-26-28-29-27-31(26)30-25(22-33-27)23-17-12-11-13-18-23/h6,8,11-13,17-18,24,32H,2-5,7,9-10,14-16,19-22H2,1H3/b8-6-/t24-/m0/s1. The van der Waals surface area contributed by atoms with E-state index in [0.29, 0.717) is 0 Å². The topological polar surface area (TPSA) is 63.3 Å². The average Bonchev–Trinajstić information content (AvgIpc) is 3.25. The molecule has 2 heterocycles. The Hall–Kier alpha value is -1.92. The fourth-order valence-corrected chi connectivity index (χ4v) is 4.93. The van der Waals surface area contributed by atoms with Crippen LogP contribution in [-0.4, -0.2) is 37.5 Å². The van der Waals surface area contributed by atoms with E-state index in [-0.39, 0.29) is 6.10 Å². The van der Waals surface area contributed by atoms with Gasteiger partial charge in [0, 0.05) is 12.2 Å². The fourth-order valence-electron chi connectivity index (χ4n) is 4.07. The predicted octanol–water partition coefficient (Wildman–Crippen LogP) is 6.80. The Morgan fingerprint density at radius 1 is 0.939 bits per heavy atom. The number of allylic oxidation sites excluding steroid dienone is 2. The van der Waals surface area contributed by atoms with Crippen LogP contribution in [0.1, 0.15) is 95.4 Å². The van der Waals surface area contributed by atoms with Gasteiger partial charge in [-0.25, -0.2) is 0 Å². The molecule has 0 radical (unpaired) electrons. The first kappa shape index (κ1) is 25.7. The lowest BCUT2D eigenvalue weighted by Crippen LogP contribution is -2.14. The van der Waals surface area contributed by atoms with E-state index in [1.54, 1.807) is 11.8 Å². The molecule has 1 aromatic heterocycles. The number of rotatable bonds is 16. The number of aliphatic hydroxyl groups is 1. The van der Waals surface area contributed by atoms with Crippen LogP contribution in [0.5, 0.6) is 0 Å². The Kier molecular flexibility index (Phi) is 11.7. The number of benzene rings is 1. The van der Waals surface area contributed by atoms with Crippen molar-refractivity contribution in [3.63, 3.8) is 0 Å². The van der Waals surface area contributed by atoms with E-state index in [1.165, 1.54) is 50.5 Å². The van der Waals surface area contributed by atoms with Crippen LogP contribution in [0, 0.1) is 0 Å². The van der Waals surface area contributed by atoms with E-state index < -0.39 is 0 Å². The molecule has 1 aliphatic rings. The third-order valence-corrected chi connectivity index (χ3v) is 7.02. The highest BCUT2D eigenvalue weighted by Gasteiger charge is 2.19. The number of aromatic nitrogens is 3. The van der Waals surface area contributed by atoms with E-state index in [0.717, 1.165) is 61.0 Å². The minimum atomic E-state index is -0.151. The van der Waals surface area contributed by atoms with Crippen LogP contribution in [-0.2, 0) is 6.42 Å². The molecular weight excluding hydrogens is 428 g/mol. The van der Waals surface area contributed by atoms with Crippen LogP contribution in [0.3, 0.4) is 0 Å². The molecule has 6 heteroatoms. The summed E-state index contributed by atoms with van der Waals surface area (Å²) in [6.45, 7) is 2.24. The SMILES string of the molecule is CCCCC/C=C\CC[C@H](O)CCCCCCCc1nnc2n1N=C(c1ccccc1)CS2. The first-order chi connectivity index (χ1) is 16.3. The van der Waals surface area contributed by atoms with Crippen molar-refractivity contribution in [3.8, 4) is 0 Å². The van der Waals surface area contributed by atoms with Crippen molar-refractivity contribution in [1.82, 2.24) is 14.9 Å². The van der Waals surface area contributed by atoms with Crippen LogP contribution in [0.15, 0.2) is 52.7 Å². The Morgan fingerprint density at radius 3 is 2.58 bits per heavy atom. The van der Waals surface area contributed by atoms with Crippen molar-refractivity contribution in [2.24, 2.45) is 5.10 Å². The number of fused-ring (bicyclic) bond motifs is 1. The first-order valence-corrected chi connectivity index (χ1v) is 13.8. The zero-order valence-electron chi connectivity index (χ0n) is 20.2. The molecule has 1 aromatic carbocycles. The second-order valence-corrected chi connectivity index (χ2v) is 9.86. The van der Waals surface area contributed by atoms with Crippen LogP contribution in [0.25, 0.3) is 0 Å².